The minimum atomic E-state index is -2.96. The van der Waals surface area contributed by atoms with Gasteiger partial charge in [0, 0.05) is 11.7 Å². The van der Waals surface area contributed by atoms with E-state index in [2.05, 4.69) is 10.4 Å². The minimum absolute atomic E-state index is 0.0750. The minimum Gasteiger partial charge on any atom is -0.349 e. The van der Waals surface area contributed by atoms with Crippen LogP contribution in [0, 0.1) is 13.8 Å². The van der Waals surface area contributed by atoms with Crippen molar-refractivity contribution < 1.29 is 13.2 Å². The molecule has 2 fully saturated rings. The molecule has 2 aliphatic rings. The fourth-order valence-electron chi connectivity index (χ4n) is 3.64. The predicted octanol–water partition coefficient (Wildman–Crippen LogP) is 1.53. The predicted molar refractivity (Wildman–Crippen MR) is 83.7 cm³/mol. The van der Waals surface area contributed by atoms with E-state index in [0.717, 1.165) is 18.5 Å². The van der Waals surface area contributed by atoms with Gasteiger partial charge in [-0.25, -0.2) is 8.42 Å². The molecule has 1 aromatic heterocycles. The molecular formula is C15H23N3O3S. The first-order valence-corrected chi connectivity index (χ1v) is 9.76. The lowest BCUT2D eigenvalue weighted by Crippen LogP contribution is -2.33. The van der Waals surface area contributed by atoms with Gasteiger partial charge in [0.2, 0.25) is 0 Å². The van der Waals surface area contributed by atoms with Gasteiger partial charge in [0.05, 0.1) is 28.8 Å². The quantitative estimate of drug-likeness (QED) is 0.914. The molecule has 0 radical (unpaired) electrons. The fourth-order valence-corrected chi connectivity index (χ4v) is 5.34. The maximum absolute atomic E-state index is 12.5. The molecule has 1 N–H and O–H groups in total. The number of aryl methyl sites for hydroxylation is 1. The first-order chi connectivity index (χ1) is 10.4. The normalized spacial score (nSPS) is 24.7. The largest absolute Gasteiger partial charge is 0.349 e. The zero-order chi connectivity index (χ0) is 15.9. The van der Waals surface area contributed by atoms with Crippen LogP contribution in [0.5, 0.6) is 0 Å². The zero-order valence-corrected chi connectivity index (χ0v) is 13.9. The van der Waals surface area contributed by atoms with Crippen LogP contribution in [0.4, 0.5) is 0 Å². The van der Waals surface area contributed by atoms with Crippen molar-refractivity contribution in [3.63, 3.8) is 0 Å². The standard InChI is InChI=1S/C15H23N3O3S/c1-10-14(15(19)16-12-5-3-4-6-12)11(2)18(17-10)13-7-8-22(20,21)9-13/h12-13H,3-9H2,1-2H3,(H,16,19)/t13-/m0/s1. The van der Waals surface area contributed by atoms with Crippen molar-refractivity contribution in [1.29, 1.82) is 0 Å². The van der Waals surface area contributed by atoms with E-state index in [9.17, 15) is 13.2 Å². The smallest absolute Gasteiger partial charge is 0.255 e. The second-order valence-corrected chi connectivity index (χ2v) is 8.73. The van der Waals surface area contributed by atoms with Gasteiger partial charge in [0.15, 0.2) is 9.84 Å². The van der Waals surface area contributed by atoms with Crippen molar-refractivity contribution >= 4 is 15.7 Å². The Morgan fingerprint density at radius 1 is 1.23 bits per heavy atom. The Kier molecular flexibility index (Phi) is 4.01. The van der Waals surface area contributed by atoms with Gasteiger partial charge in [-0.1, -0.05) is 12.8 Å². The highest BCUT2D eigenvalue weighted by molar-refractivity contribution is 7.91. The summed E-state index contributed by atoms with van der Waals surface area (Å²) < 4.78 is 25.1. The Labute approximate surface area is 131 Å². The van der Waals surface area contributed by atoms with Gasteiger partial charge in [-0.2, -0.15) is 5.10 Å². The van der Waals surface area contributed by atoms with Crippen LogP contribution in [0.25, 0.3) is 0 Å². The SMILES string of the molecule is Cc1nn([C@H]2CCS(=O)(=O)C2)c(C)c1C(=O)NC1CCCC1. The second kappa shape index (κ2) is 5.68. The third-order valence-corrected chi connectivity index (χ3v) is 6.55. The van der Waals surface area contributed by atoms with E-state index in [1.807, 2.05) is 13.8 Å². The van der Waals surface area contributed by atoms with Crippen molar-refractivity contribution in [3.05, 3.63) is 17.0 Å². The molecule has 0 spiro atoms. The Morgan fingerprint density at radius 3 is 2.50 bits per heavy atom. The number of carbonyl (C=O) groups is 1. The topological polar surface area (TPSA) is 81.1 Å². The van der Waals surface area contributed by atoms with E-state index >= 15 is 0 Å². The molecule has 1 atom stereocenters. The highest BCUT2D eigenvalue weighted by Gasteiger charge is 2.32. The highest BCUT2D eigenvalue weighted by Crippen LogP contribution is 2.27. The van der Waals surface area contributed by atoms with Crippen LogP contribution in [-0.4, -0.2) is 41.7 Å². The maximum Gasteiger partial charge on any atom is 0.255 e. The van der Waals surface area contributed by atoms with Gasteiger partial charge in [-0.3, -0.25) is 9.48 Å². The fraction of sp³-hybridized carbons (Fsp3) is 0.733. The Bertz CT molecular complexity index is 687. The lowest BCUT2D eigenvalue weighted by molar-refractivity contribution is 0.0936. The van der Waals surface area contributed by atoms with Crippen LogP contribution in [0.3, 0.4) is 0 Å². The molecule has 1 saturated heterocycles. The summed E-state index contributed by atoms with van der Waals surface area (Å²) >= 11 is 0. The Hall–Kier alpha value is -1.37. The highest BCUT2D eigenvalue weighted by atomic mass is 32.2. The van der Waals surface area contributed by atoms with Crippen molar-refractivity contribution in [1.82, 2.24) is 15.1 Å². The average molecular weight is 325 g/mol. The van der Waals surface area contributed by atoms with Gasteiger partial charge in [0.1, 0.15) is 0 Å². The monoisotopic (exact) mass is 325 g/mol. The summed E-state index contributed by atoms with van der Waals surface area (Å²) in [6, 6.07) is 0.123. The molecule has 1 aliphatic heterocycles. The molecule has 6 nitrogen and oxygen atoms in total. The van der Waals surface area contributed by atoms with Crippen LogP contribution < -0.4 is 5.32 Å². The van der Waals surface area contributed by atoms with Crippen LogP contribution in [0.2, 0.25) is 0 Å². The number of hydrogen-bond acceptors (Lipinski definition) is 4. The van der Waals surface area contributed by atoms with E-state index in [1.165, 1.54) is 12.8 Å². The number of nitrogens with one attached hydrogen (secondary N) is 1. The first kappa shape index (κ1) is 15.5. The molecule has 1 aromatic rings. The van der Waals surface area contributed by atoms with Gasteiger partial charge >= 0.3 is 0 Å². The molecule has 0 unspecified atom stereocenters. The molecule has 1 amide bonds. The molecule has 0 bridgehead atoms. The Morgan fingerprint density at radius 2 is 1.91 bits per heavy atom. The molecular weight excluding hydrogens is 302 g/mol. The summed E-state index contributed by atoms with van der Waals surface area (Å²) in [4.78, 5) is 12.5. The molecule has 0 aromatic carbocycles. The third kappa shape index (κ3) is 2.91. The van der Waals surface area contributed by atoms with E-state index in [4.69, 9.17) is 0 Å². The van der Waals surface area contributed by atoms with E-state index in [0.29, 0.717) is 17.7 Å². The zero-order valence-electron chi connectivity index (χ0n) is 13.1. The lowest BCUT2D eigenvalue weighted by Gasteiger charge is -2.13. The van der Waals surface area contributed by atoms with E-state index in [1.54, 1.807) is 4.68 Å². The number of rotatable bonds is 3. The van der Waals surface area contributed by atoms with Gasteiger partial charge in [-0.15, -0.1) is 0 Å². The molecule has 2 heterocycles. The molecule has 1 saturated carbocycles. The molecule has 7 heteroatoms. The van der Waals surface area contributed by atoms with Crippen LogP contribution in [0.15, 0.2) is 0 Å². The summed E-state index contributed by atoms with van der Waals surface area (Å²) in [5, 5.41) is 7.53. The summed E-state index contributed by atoms with van der Waals surface area (Å²) in [5.41, 5.74) is 2.06. The van der Waals surface area contributed by atoms with E-state index < -0.39 is 9.84 Å². The lowest BCUT2D eigenvalue weighted by atomic mass is 10.1. The van der Waals surface area contributed by atoms with Crippen LogP contribution >= 0.6 is 0 Å². The maximum atomic E-state index is 12.5. The number of aromatic nitrogens is 2. The van der Waals surface area contributed by atoms with Crippen molar-refractivity contribution in [2.75, 3.05) is 11.5 Å². The third-order valence-electron chi connectivity index (χ3n) is 4.80. The summed E-state index contributed by atoms with van der Waals surface area (Å²) in [7, 11) is -2.96. The number of nitrogens with zero attached hydrogens (tertiary/aromatic N) is 2. The number of carbonyl (C=O) groups excluding carboxylic acids is 1. The van der Waals surface area contributed by atoms with Gasteiger partial charge in [-0.05, 0) is 33.1 Å². The van der Waals surface area contributed by atoms with E-state index in [-0.39, 0.29) is 29.5 Å². The molecule has 22 heavy (non-hydrogen) atoms. The first-order valence-electron chi connectivity index (χ1n) is 7.94. The molecule has 122 valence electrons. The number of sulfone groups is 1. The number of hydrogen-bond donors (Lipinski definition) is 1. The van der Waals surface area contributed by atoms with Crippen LogP contribution in [0.1, 0.15) is 59.9 Å². The average Bonchev–Trinajstić information content (AvgIpc) is 3.10. The molecule has 1 aliphatic carbocycles. The van der Waals surface area contributed by atoms with Crippen molar-refractivity contribution in [2.45, 2.75) is 58.0 Å². The number of amides is 1. The Balaban J connectivity index is 1.82. The van der Waals surface area contributed by atoms with Gasteiger partial charge in [0.25, 0.3) is 5.91 Å². The second-order valence-electron chi connectivity index (χ2n) is 6.50. The van der Waals surface area contributed by atoms with Gasteiger partial charge < -0.3 is 5.32 Å². The summed E-state index contributed by atoms with van der Waals surface area (Å²) in [6.45, 7) is 3.67. The van der Waals surface area contributed by atoms with Crippen LogP contribution in [-0.2, 0) is 9.84 Å². The molecule has 3 rings (SSSR count). The van der Waals surface area contributed by atoms with Crippen molar-refractivity contribution in [2.24, 2.45) is 0 Å². The van der Waals surface area contributed by atoms with Crippen molar-refractivity contribution in [3.8, 4) is 0 Å². The summed E-state index contributed by atoms with van der Waals surface area (Å²) in [5.74, 6) is 0.257. The summed E-state index contributed by atoms with van der Waals surface area (Å²) in [6.07, 6.45) is 5.00.